The van der Waals surface area contributed by atoms with Crippen LogP contribution in [0.5, 0.6) is 5.75 Å². The van der Waals surface area contributed by atoms with Gasteiger partial charge >= 0.3 is 0 Å². The highest BCUT2D eigenvalue weighted by molar-refractivity contribution is 7.89. The molecule has 0 atom stereocenters. The summed E-state index contributed by atoms with van der Waals surface area (Å²) in [5, 5.41) is 10.9. The van der Waals surface area contributed by atoms with Gasteiger partial charge in [-0.3, -0.25) is 4.79 Å². The highest BCUT2D eigenvalue weighted by Gasteiger charge is 2.14. The number of halogens is 1. The van der Waals surface area contributed by atoms with Crippen LogP contribution in [0.15, 0.2) is 47.4 Å². The molecule has 0 aliphatic rings. The Bertz CT molecular complexity index is 903. The number of benzene rings is 2. The monoisotopic (exact) mass is 395 g/mol. The van der Waals surface area contributed by atoms with Crippen molar-refractivity contribution in [2.75, 3.05) is 23.8 Å². The number of nitrogens with two attached hydrogens (primary N) is 1. The third-order valence-corrected chi connectivity index (χ3v) is 4.55. The molecule has 0 radical (unpaired) electrons. The molecule has 7 nitrogen and oxygen atoms in total. The van der Waals surface area contributed by atoms with Crippen LogP contribution in [0, 0.1) is 5.82 Å². The van der Waals surface area contributed by atoms with E-state index in [0.29, 0.717) is 12.2 Å². The number of primary sulfonamides is 1. The topological polar surface area (TPSA) is 111 Å². The third kappa shape index (κ3) is 6.22. The van der Waals surface area contributed by atoms with Gasteiger partial charge in [-0.25, -0.2) is 17.9 Å². The molecule has 0 fully saturated rings. The number of unbranched alkanes of at least 4 members (excludes halogenated alkanes) is 1. The lowest BCUT2D eigenvalue weighted by Gasteiger charge is -2.14. The van der Waals surface area contributed by atoms with Crippen molar-refractivity contribution in [1.29, 1.82) is 0 Å². The quantitative estimate of drug-likeness (QED) is 0.566. The Hall–Kier alpha value is -2.65. The SMILES string of the molecule is CCCCNc1ccc(S(N)(=O)=O)cc1NC(=O)COc1ccccc1F. The average molecular weight is 395 g/mol. The van der Waals surface area contributed by atoms with Gasteiger partial charge in [0.05, 0.1) is 16.3 Å². The van der Waals surface area contributed by atoms with Gasteiger partial charge in [0.25, 0.3) is 5.91 Å². The van der Waals surface area contributed by atoms with Gasteiger partial charge in [0, 0.05) is 6.54 Å². The van der Waals surface area contributed by atoms with Crippen molar-refractivity contribution in [3.05, 3.63) is 48.3 Å². The zero-order valence-electron chi connectivity index (χ0n) is 14.9. The van der Waals surface area contributed by atoms with Gasteiger partial charge in [-0.1, -0.05) is 25.5 Å². The lowest BCUT2D eigenvalue weighted by atomic mass is 10.2. The molecule has 2 aromatic rings. The second-order valence-electron chi connectivity index (χ2n) is 5.80. The average Bonchev–Trinajstić information content (AvgIpc) is 2.61. The zero-order chi connectivity index (χ0) is 19.9. The number of rotatable bonds is 9. The van der Waals surface area contributed by atoms with Gasteiger partial charge in [-0.15, -0.1) is 0 Å². The Labute approximate surface area is 157 Å². The van der Waals surface area contributed by atoms with Crippen molar-refractivity contribution in [3.8, 4) is 5.75 Å². The second-order valence-corrected chi connectivity index (χ2v) is 7.36. The molecule has 0 unspecified atom stereocenters. The fourth-order valence-corrected chi connectivity index (χ4v) is 2.79. The van der Waals surface area contributed by atoms with Crippen molar-refractivity contribution < 1.29 is 22.3 Å². The van der Waals surface area contributed by atoms with Gasteiger partial charge < -0.3 is 15.4 Å². The fraction of sp³-hybridized carbons (Fsp3) is 0.278. The number of hydrogen-bond donors (Lipinski definition) is 3. The van der Waals surface area contributed by atoms with E-state index in [1.54, 1.807) is 6.07 Å². The van der Waals surface area contributed by atoms with Crippen LogP contribution in [0.4, 0.5) is 15.8 Å². The van der Waals surface area contributed by atoms with Crippen molar-refractivity contribution in [2.45, 2.75) is 24.7 Å². The van der Waals surface area contributed by atoms with Crippen LogP contribution in [0.25, 0.3) is 0 Å². The van der Waals surface area contributed by atoms with Crippen LogP contribution in [0.2, 0.25) is 0 Å². The van der Waals surface area contributed by atoms with Crippen molar-refractivity contribution in [1.82, 2.24) is 0 Å². The van der Waals surface area contributed by atoms with Crippen LogP contribution in [0.3, 0.4) is 0 Å². The molecule has 0 aliphatic heterocycles. The minimum atomic E-state index is -3.92. The first-order valence-corrected chi connectivity index (χ1v) is 9.93. The van der Waals surface area contributed by atoms with Gasteiger partial charge in [-0.05, 0) is 36.8 Å². The molecule has 0 saturated carbocycles. The maximum Gasteiger partial charge on any atom is 0.262 e. The highest BCUT2D eigenvalue weighted by atomic mass is 32.2. The van der Waals surface area contributed by atoms with E-state index in [0.717, 1.165) is 12.8 Å². The van der Waals surface area contributed by atoms with E-state index in [-0.39, 0.29) is 16.3 Å². The van der Waals surface area contributed by atoms with Crippen LogP contribution in [-0.2, 0) is 14.8 Å². The van der Waals surface area contributed by atoms with Crippen molar-refractivity contribution in [3.63, 3.8) is 0 Å². The van der Waals surface area contributed by atoms with E-state index in [2.05, 4.69) is 10.6 Å². The lowest BCUT2D eigenvalue weighted by molar-refractivity contribution is -0.118. The predicted octanol–water partition coefficient (Wildman–Crippen LogP) is 2.70. The summed E-state index contributed by atoms with van der Waals surface area (Å²) in [6.07, 6.45) is 1.88. The van der Waals surface area contributed by atoms with E-state index in [1.807, 2.05) is 6.92 Å². The molecule has 2 rings (SSSR count). The maximum atomic E-state index is 13.5. The molecule has 0 bridgehead atoms. The number of sulfonamides is 1. The number of nitrogens with one attached hydrogen (secondary N) is 2. The molecule has 2 aromatic carbocycles. The third-order valence-electron chi connectivity index (χ3n) is 3.63. The van der Waals surface area contributed by atoms with Gasteiger partial charge in [0.15, 0.2) is 18.2 Å². The molecule has 1 amide bonds. The Kier molecular flexibility index (Phi) is 7.14. The minimum Gasteiger partial charge on any atom is -0.481 e. The molecule has 0 heterocycles. The number of carbonyl (C=O) groups excluding carboxylic acids is 1. The van der Waals surface area contributed by atoms with Crippen molar-refractivity contribution >= 4 is 27.3 Å². The number of para-hydroxylation sites is 1. The van der Waals surface area contributed by atoms with Crippen LogP contribution >= 0.6 is 0 Å². The highest BCUT2D eigenvalue weighted by Crippen LogP contribution is 2.25. The summed E-state index contributed by atoms with van der Waals surface area (Å²) in [7, 11) is -3.92. The van der Waals surface area contributed by atoms with Crippen LogP contribution in [0.1, 0.15) is 19.8 Å². The van der Waals surface area contributed by atoms with Gasteiger partial charge in [0.1, 0.15) is 0 Å². The Morgan fingerprint density at radius 2 is 1.93 bits per heavy atom. The van der Waals surface area contributed by atoms with Gasteiger partial charge in [-0.2, -0.15) is 0 Å². The second kappa shape index (κ2) is 9.33. The molecule has 0 saturated heterocycles. The Balaban J connectivity index is 2.13. The van der Waals surface area contributed by atoms with E-state index < -0.39 is 28.4 Å². The van der Waals surface area contributed by atoms with E-state index in [9.17, 15) is 17.6 Å². The number of ether oxygens (including phenoxy) is 1. The smallest absolute Gasteiger partial charge is 0.262 e. The molecular weight excluding hydrogens is 373 g/mol. The summed E-state index contributed by atoms with van der Waals surface area (Å²) in [6.45, 7) is 2.25. The number of anilines is 2. The number of carbonyl (C=O) groups is 1. The first-order valence-electron chi connectivity index (χ1n) is 8.39. The molecule has 27 heavy (non-hydrogen) atoms. The lowest BCUT2D eigenvalue weighted by Crippen LogP contribution is -2.22. The van der Waals surface area contributed by atoms with Crippen LogP contribution in [-0.4, -0.2) is 27.5 Å². The summed E-state index contributed by atoms with van der Waals surface area (Å²) in [5.41, 5.74) is 0.801. The molecule has 0 spiro atoms. The van der Waals surface area contributed by atoms with E-state index in [1.165, 1.54) is 36.4 Å². The summed E-state index contributed by atoms with van der Waals surface area (Å²) >= 11 is 0. The molecule has 0 aromatic heterocycles. The summed E-state index contributed by atoms with van der Waals surface area (Å²) in [4.78, 5) is 12.0. The maximum absolute atomic E-state index is 13.5. The minimum absolute atomic E-state index is 0.0489. The van der Waals surface area contributed by atoms with Crippen LogP contribution < -0.4 is 20.5 Å². The zero-order valence-corrected chi connectivity index (χ0v) is 15.7. The summed E-state index contributed by atoms with van der Waals surface area (Å²) in [6, 6.07) is 9.87. The molecule has 0 aliphatic carbocycles. The standard InChI is InChI=1S/C18H22FN3O4S/c1-2-3-10-21-15-9-8-13(27(20,24)25)11-16(15)22-18(23)12-26-17-7-5-4-6-14(17)19/h4-9,11,21H,2-3,10,12H2,1H3,(H,22,23)(H2,20,24,25). The Morgan fingerprint density at radius 1 is 1.19 bits per heavy atom. The van der Waals surface area contributed by atoms with E-state index in [4.69, 9.17) is 9.88 Å². The Morgan fingerprint density at radius 3 is 2.59 bits per heavy atom. The first-order chi connectivity index (χ1) is 12.8. The first kappa shape index (κ1) is 20.7. The van der Waals surface area contributed by atoms with Gasteiger partial charge in [0.2, 0.25) is 10.0 Å². The molecule has 9 heteroatoms. The summed E-state index contributed by atoms with van der Waals surface area (Å²) < 4.78 is 41.8. The predicted molar refractivity (Wildman–Crippen MR) is 102 cm³/mol. The number of hydrogen-bond acceptors (Lipinski definition) is 5. The molecular formula is C18H22FN3O4S. The largest absolute Gasteiger partial charge is 0.481 e. The van der Waals surface area contributed by atoms with Crippen molar-refractivity contribution in [2.24, 2.45) is 5.14 Å². The number of amides is 1. The van der Waals surface area contributed by atoms with E-state index >= 15 is 0 Å². The fourth-order valence-electron chi connectivity index (χ4n) is 2.25. The normalized spacial score (nSPS) is 11.1. The summed E-state index contributed by atoms with van der Waals surface area (Å²) in [5.74, 6) is -1.20. The molecule has 4 N–H and O–H groups in total. The molecule has 146 valence electrons.